The summed E-state index contributed by atoms with van der Waals surface area (Å²) in [6.07, 6.45) is 3.28. The Morgan fingerprint density at radius 2 is 2.54 bits per heavy atom. The van der Waals surface area contributed by atoms with Crippen LogP contribution in [0.2, 0.25) is 0 Å². The number of cyclic esters (lactones) is 1. The second-order valence-corrected chi connectivity index (χ2v) is 3.13. The first-order valence-electron chi connectivity index (χ1n) is 4.33. The van der Waals surface area contributed by atoms with Crippen LogP contribution in [0.3, 0.4) is 0 Å². The number of carbonyl (C=O) groups is 1. The maximum atomic E-state index is 10.6. The van der Waals surface area contributed by atoms with E-state index in [1.165, 1.54) is 6.08 Å². The average molecular weight is 182 g/mol. The molecule has 3 heteroatoms. The van der Waals surface area contributed by atoms with Gasteiger partial charge in [-0.2, -0.15) is 0 Å². The quantitative estimate of drug-likeness (QED) is 0.369. The van der Waals surface area contributed by atoms with Crippen molar-refractivity contribution in [1.82, 2.24) is 0 Å². The van der Waals surface area contributed by atoms with Crippen molar-refractivity contribution >= 4 is 5.97 Å². The van der Waals surface area contributed by atoms with E-state index in [2.05, 4.69) is 11.3 Å². The first-order chi connectivity index (χ1) is 6.18. The van der Waals surface area contributed by atoms with E-state index < -0.39 is 0 Å². The molecule has 0 aromatic carbocycles. The van der Waals surface area contributed by atoms with E-state index in [1.807, 2.05) is 6.92 Å². The van der Waals surface area contributed by atoms with Crippen LogP contribution in [0.15, 0.2) is 24.0 Å². The minimum absolute atomic E-state index is 0.284. The molecule has 0 atom stereocenters. The van der Waals surface area contributed by atoms with Crippen LogP contribution in [0.5, 0.6) is 0 Å². The molecule has 1 rings (SSSR count). The van der Waals surface area contributed by atoms with Crippen molar-refractivity contribution in [3.63, 3.8) is 0 Å². The van der Waals surface area contributed by atoms with Crippen LogP contribution in [0.25, 0.3) is 0 Å². The molecular formula is C10H14O3. The fraction of sp³-hybridized carbons (Fsp3) is 0.500. The first kappa shape index (κ1) is 9.84. The largest absolute Gasteiger partial charge is 0.494 e. The highest BCUT2D eigenvalue weighted by Gasteiger charge is 2.13. The number of allylic oxidation sites excluding steroid dienone is 1. The summed E-state index contributed by atoms with van der Waals surface area (Å²) in [6, 6.07) is 0. The summed E-state index contributed by atoms with van der Waals surface area (Å²) in [5.41, 5.74) is 1.15. The first-order valence-corrected chi connectivity index (χ1v) is 4.33. The average Bonchev–Trinajstić information content (AvgIpc) is 2.45. The maximum Gasteiger partial charge on any atom is 0.334 e. The number of esters is 1. The lowest BCUT2D eigenvalue weighted by Crippen LogP contribution is -1.97. The third kappa shape index (κ3) is 3.78. The van der Waals surface area contributed by atoms with Gasteiger partial charge < -0.3 is 9.47 Å². The Morgan fingerprint density at radius 3 is 3.08 bits per heavy atom. The van der Waals surface area contributed by atoms with Crippen LogP contribution in [0.4, 0.5) is 0 Å². The summed E-state index contributed by atoms with van der Waals surface area (Å²) >= 11 is 0. The standard InChI is InChI=1S/C10H14O3/c1-8(2)4-3-5-12-9-6-10(11)13-7-9/h6H,1,3-5,7H2,2H3. The summed E-state index contributed by atoms with van der Waals surface area (Å²) in [5.74, 6) is 0.321. The fourth-order valence-corrected chi connectivity index (χ4v) is 1.02. The monoisotopic (exact) mass is 182 g/mol. The topological polar surface area (TPSA) is 35.5 Å². The van der Waals surface area contributed by atoms with Crippen molar-refractivity contribution in [3.05, 3.63) is 24.0 Å². The molecule has 13 heavy (non-hydrogen) atoms. The Balaban J connectivity index is 2.10. The van der Waals surface area contributed by atoms with Gasteiger partial charge in [0.25, 0.3) is 0 Å². The van der Waals surface area contributed by atoms with Crippen LogP contribution in [0.1, 0.15) is 19.8 Å². The van der Waals surface area contributed by atoms with Crippen molar-refractivity contribution in [2.75, 3.05) is 13.2 Å². The molecule has 0 aromatic rings. The van der Waals surface area contributed by atoms with Gasteiger partial charge in [-0.25, -0.2) is 4.79 Å². The van der Waals surface area contributed by atoms with Crippen molar-refractivity contribution < 1.29 is 14.3 Å². The molecule has 1 aliphatic rings. The van der Waals surface area contributed by atoms with Crippen molar-refractivity contribution in [2.45, 2.75) is 19.8 Å². The van der Waals surface area contributed by atoms with Crippen molar-refractivity contribution in [2.24, 2.45) is 0 Å². The summed E-state index contributed by atoms with van der Waals surface area (Å²) in [5, 5.41) is 0. The number of rotatable bonds is 5. The van der Waals surface area contributed by atoms with Gasteiger partial charge in [-0.15, -0.1) is 6.58 Å². The molecule has 0 saturated heterocycles. The predicted octanol–water partition coefficient (Wildman–Crippen LogP) is 1.80. The van der Waals surface area contributed by atoms with Crippen LogP contribution < -0.4 is 0 Å². The zero-order valence-corrected chi connectivity index (χ0v) is 7.84. The summed E-state index contributed by atoms with van der Waals surface area (Å²) < 4.78 is 9.97. The molecule has 0 saturated carbocycles. The lowest BCUT2D eigenvalue weighted by atomic mass is 10.2. The van der Waals surface area contributed by atoms with Crippen molar-refractivity contribution in [1.29, 1.82) is 0 Å². The summed E-state index contributed by atoms with van der Waals surface area (Å²) in [7, 11) is 0. The second kappa shape index (κ2) is 4.70. The van der Waals surface area contributed by atoms with E-state index in [1.54, 1.807) is 0 Å². The Morgan fingerprint density at radius 1 is 1.77 bits per heavy atom. The van der Waals surface area contributed by atoms with Gasteiger partial charge in [-0.05, 0) is 19.8 Å². The summed E-state index contributed by atoms with van der Waals surface area (Å²) in [4.78, 5) is 10.6. The Labute approximate surface area is 78.0 Å². The van der Waals surface area contributed by atoms with Gasteiger partial charge in [-0.1, -0.05) is 5.57 Å². The molecule has 0 spiro atoms. The molecule has 0 fully saturated rings. The molecule has 0 N–H and O–H groups in total. The highest BCUT2D eigenvalue weighted by molar-refractivity contribution is 5.84. The van der Waals surface area contributed by atoms with Crippen LogP contribution in [-0.2, 0) is 14.3 Å². The third-order valence-electron chi connectivity index (χ3n) is 1.67. The molecule has 1 aliphatic heterocycles. The second-order valence-electron chi connectivity index (χ2n) is 3.13. The van der Waals surface area contributed by atoms with Gasteiger partial charge in [0.15, 0.2) is 0 Å². The number of carbonyl (C=O) groups excluding carboxylic acids is 1. The molecule has 0 unspecified atom stereocenters. The lowest BCUT2D eigenvalue weighted by molar-refractivity contribution is -0.135. The Kier molecular flexibility index (Phi) is 3.55. The molecule has 0 amide bonds. The molecule has 0 bridgehead atoms. The third-order valence-corrected chi connectivity index (χ3v) is 1.67. The zero-order valence-electron chi connectivity index (χ0n) is 7.84. The molecule has 0 aliphatic carbocycles. The van der Waals surface area contributed by atoms with Gasteiger partial charge in [0, 0.05) is 0 Å². The van der Waals surface area contributed by atoms with Crippen molar-refractivity contribution in [3.8, 4) is 0 Å². The van der Waals surface area contributed by atoms with E-state index in [0.29, 0.717) is 12.4 Å². The number of hydrogen-bond acceptors (Lipinski definition) is 3. The molecule has 72 valence electrons. The lowest BCUT2D eigenvalue weighted by Gasteiger charge is -2.04. The normalized spacial score (nSPS) is 15.2. The van der Waals surface area contributed by atoms with E-state index in [-0.39, 0.29) is 12.6 Å². The predicted molar refractivity (Wildman–Crippen MR) is 49.0 cm³/mol. The minimum Gasteiger partial charge on any atom is -0.494 e. The SMILES string of the molecule is C=C(C)CCCOC1=CC(=O)OC1. The zero-order chi connectivity index (χ0) is 9.68. The fourth-order valence-electron chi connectivity index (χ4n) is 1.02. The van der Waals surface area contributed by atoms with E-state index in [4.69, 9.17) is 4.74 Å². The Hall–Kier alpha value is -1.25. The maximum absolute atomic E-state index is 10.6. The van der Waals surface area contributed by atoms with E-state index in [0.717, 1.165) is 18.4 Å². The van der Waals surface area contributed by atoms with Gasteiger partial charge >= 0.3 is 5.97 Å². The van der Waals surface area contributed by atoms with Gasteiger partial charge in [-0.3, -0.25) is 0 Å². The molecule has 3 nitrogen and oxygen atoms in total. The molecular weight excluding hydrogens is 168 g/mol. The Bertz CT molecular complexity index is 241. The molecule has 0 radical (unpaired) electrons. The van der Waals surface area contributed by atoms with Crippen LogP contribution >= 0.6 is 0 Å². The molecule has 1 heterocycles. The van der Waals surface area contributed by atoms with Gasteiger partial charge in [0.05, 0.1) is 12.7 Å². The highest BCUT2D eigenvalue weighted by atomic mass is 16.6. The van der Waals surface area contributed by atoms with Gasteiger partial charge in [0.1, 0.15) is 12.4 Å². The van der Waals surface area contributed by atoms with E-state index >= 15 is 0 Å². The van der Waals surface area contributed by atoms with E-state index in [9.17, 15) is 4.79 Å². The number of ether oxygens (including phenoxy) is 2. The summed E-state index contributed by atoms with van der Waals surface area (Å²) in [6.45, 7) is 6.68. The number of hydrogen-bond donors (Lipinski definition) is 0. The molecule has 0 aromatic heterocycles. The minimum atomic E-state index is -0.310. The van der Waals surface area contributed by atoms with Crippen LogP contribution in [0, 0.1) is 0 Å². The highest BCUT2D eigenvalue weighted by Crippen LogP contribution is 2.09. The van der Waals surface area contributed by atoms with Gasteiger partial charge in [0.2, 0.25) is 0 Å². The van der Waals surface area contributed by atoms with Crippen LogP contribution in [-0.4, -0.2) is 19.2 Å². The smallest absolute Gasteiger partial charge is 0.334 e.